The highest BCUT2D eigenvalue weighted by atomic mass is 35.5. The highest BCUT2D eigenvalue weighted by Gasteiger charge is 2.42. The van der Waals surface area contributed by atoms with Crippen molar-refractivity contribution < 1.29 is 9.53 Å². The van der Waals surface area contributed by atoms with Gasteiger partial charge < -0.3 is 10.1 Å². The smallest absolute Gasteiger partial charge is 0.226 e. The highest BCUT2D eigenvalue weighted by Crippen LogP contribution is 2.46. The fourth-order valence-electron chi connectivity index (χ4n) is 4.54. The summed E-state index contributed by atoms with van der Waals surface area (Å²) in [7, 11) is 1.62. The van der Waals surface area contributed by atoms with E-state index in [0.29, 0.717) is 39.6 Å². The van der Waals surface area contributed by atoms with Gasteiger partial charge in [0.05, 0.1) is 22.7 Å². The molecule has 0 bridgehead atoms. The monoisotopic (exact) mass is 468 g/mol. The van der Waals surface area contributed by atoms with Crippen LogP contribution in [0.4, 0.5) is 5.95 Å². The molecule has 2 heterocycles. The van der Waals surface area contributed by atoms with Gasteiger partial charge in [0.2, 0.25) is 5.95 Å². The number of aromatic nitrogens is 3. The highest BCUT2D eigenvalue weighted by molar-refractivity contribution is 6.42. The van der Waals surface area contributed by atoms with Gasteiger partial charge in [0.25, 0.3) is 0 Å². The number of para-hydroxylation sites is 1. The molecule has 1 unspecified atom stereocenters. The van der Waals surface area contributed by atoms with Crippen molar-refractivity contribution in [3.63, 3.8) is 0 Å². The maximum Gasteiger partial charge on any atom is 0.226 e. The number of carbonyl (C=O) groups excluding carboxylic acids is 1. The third kappa shape index (κ3) is 3.48. The third-order valence-electron chi connectivity index (χ3n) is 5.94. The fraction of sp³-hybridized carbons (Fsp3) is 0.292. The van der Waals surface area contributed by atoms with E-state index in [1.54, 1.807) is 23.9 Å². The maximum absolute atomic E-state index is 13.3. The molecular formula is C24H22Cl2N4O2. The number of allylic oxidation sites excluding steroid dienone is 2. The van der Waals surface area contributed by atoms with Crippen molar-refractivity contribution in [2.45, 2.75) is 32.7 Å². The van der Waals surface area contributed by atoms with E-state index < -0.39 is 6.04 Å². The summed E-state index contributed by atoms with van der Waals surface area (Å²) in [6, 6.07) is 12.6. The predicted molar refractivity (Wildman–Crippen MR) is 125 cm³/mol. The standard InChI is InChI=1S/C24H22Cl2N4O2/c1-24(2)11-17-20(18(31)12-24)21(13-8-9-15(25)16(26)10-13)30-23(27-17)28-22(29-30)14-6-4-5-7-19(14)32-3/h4-10,21H,11-12H2,1-3H3,(H,27,28,29). The number of benzene rings is 2. The van der Waals surface area contributed by atoms with Gasteiger partial charge in [-0.1, -0.05) is 55.2 Å². The van der Waals surface area contributed by atoms with Gasteiger partial charge >= 0.3 is 0 Å². The van der Waals surface area contributed by atoms with Crippen LogP contribution in [-0.4, -0.2) is 27.7 Å². The normalized spacial score (nSPS) is 19.3. The lowest BCUT2D eigenvalue weighted by Crippen LogP contribution is -2.36. The third-order valence-corrected chi connectivity index (χ3v) is 6.68. The number of rotatable bonds is 3. The van der Waals surface area contributed by atoms with Gasteiger partial charge in [-0.25, -0.2) is 4.68 Å². The number of Topliss-reactive ketones (excluding diaryl/α,β-unsaturated/α-hetero) is 1. The van der Waals surface area contributed by atoms with Crippen LogP contribution in [0, 0.1) is 5.41 Å². The molecule has 32 heavy (non-hydrogen) atoms. The fourth-order valence-corrected chi connectivity index (χ4v) is 4.85. The molecule has 8 heteroatoms. The number of ether oxygens (including phenoxy) is 1. The van der Waals surface area contributed by atoms with E-state index in [4.69, 9.17) is 38.0 Å². The molecule has 1 aliphatic heterocycles. The largest absolute Gasteiger partial charge is 0.496 e. The summed E-state index contributed by atoms with van der Waals surface area (Å²) >= 11 is 12.5. The minimum atomic E-state index is -0.449. The van der Waals surface area contributed by atoms with Crippen molar-refractivity contribution in [2.75, 3.05) is 12.4 Å². The van der Waals surface area contributed by atoms with Gasteiger partial charge in [0.15, 0.2) is 11.6 Å². The number of fused-ring (bicyclic) bond motifs is 1. The number of methoxy groups -OCH3 is 1. The number of nitrogens with zero attached hydrogens (tertiary/aromatic N) is 3. The summed E-state index contributed by atoms with van der Waals surface area (Å²) in [6.45, 7) is 4.20. The molecule has 1 aromatic heterocycles. The van der Waals surface area contributed by atoms with Gasteiger partial charge in [0.1, 0.15) is 11.8 Å². The van der Waals surface area contributed by atoms with Gasteiger partial charge in [0, 0.05) is 17.7 Å². The van der Waals surface area contributed by atoms with Crippen molar-refractivity contribution in [3.05, 3.63) is 69.3 Å². The minimum absolute atomic E-state index is 0.0971. The van der Waals surface area contributed by atoms with Crippen LogP contribution in [0.3, 0.4) is 0 Å². The van der Waals surface area contributed by atoms with Crippen LogP contribution in [0.25, 0.3) is 11.4 Å². The van der Waals surface area contributed by atoms with Gasteiger partial charge in [-0.2, -0.15) is 4.98 Å². The number of carbonyl (C=O) groups is 1. The summed E-state index contributed by atoms with van der Waals surface area (Å²) < 4.78 is 7.27. The summed E-state index contributed by atoms with van der Waals surface area (Å²) in [5.41, 5.74) is 3.05. The molecule has 164 valence electrons. The van der Waals surface area contributed by atoms with Gasteiger partial charge in [-0.15, -0.1) is 5.10 Å². The van der Waals surface area contributed by atoms with Gasteiger partial charge in [-0.05, 0) is 41.7 Å². The quantitative estimate of drug-likeness (QED) is 0.516. The summed E-state index contributed by atoms with van der Waals surface area (Å²) in [5.74, 6) is 1.86. The molecule has 1 N–H and O–H groups in total. The molecule has 3 aromatic rings. The SMILES string of the molecule is COc1ccccc1-c1nc2n(n1)C(c1ccc(Cl)c(Cl)c1)C1=C(CC(C)(C)CC1=O)N2. The first-order valence-electron chi connectivity index (χ1n) is 10.4. The average Bonchev–Trinajstić information content (AvgIpc) is 3.16. The lowest BCUT2D eigenvalue weighted by Gasteiger charge is -2.38. The van der Waals surface area contributed by atoms with Crippen molar-refractivity contribution in [1.82, 2.24) is 14.8 Å². The Morgan fingerprint density at radius 3 is 2.66 bits per heavy atom. The van der Waals surface area contributed by atoms with E-state index in [9.17, 15) is 4.79 Å². The molecule has 0 radical (unpaired) electrons. The predicted octanol–water partition coefficient (Wildman–Crippen LogP) is 5.92. The lowest BCUT2D eigenvalue weighted by molar-refractivity contribution is -0.118. The van der Waals surface area contributed by atoms with E-state index in [-0.39, 0.29) is 11.2 Å². The first kappa shape index (κ1) is 21.0. The minimum Gasteiger partial charge on any atom is -0.496 e. The zero-order chi connectivity index (χ0) is 22.6. The van der Waals surface area contributed by atoms with Crippen LogP contribution in [0.2, 0.25) is 10.0 Å². The van der Waals surface area contributed by atoms with Crippen LogP contribution in [0.15, 0.2) is 53.7 Å². The second-order valence-electron chi connectivity index (χ2n) is 8.94. The first-order valence-corrected chi connectivity index (χ1v) is 11.1. The number of hydrogen-bond acceptors (Lipinski definition) is 5. The Morgan fingerprint density at radius 2 is 1.91 bits per heavy atom. The topological polar surface area (TPSA) is 69.0 Å². The molecule has 1 aliphatic carbocycles. The maximum atomic E-state index is 13.3. The van der Waals surface area contributed by atoms with Crippen LogP contribution in [-0.2, 0) is 4.79 Å². The number of halogens is 2. The van der Waals surface area contributed by atoms with E-state index in [1.165, 1.54) is 0 Å². The molecule has 0 spiro atoms. The number of anilines is 1. The van der Waals surface area contributed by atoms with Gasteiger partial charge in [-0.3, -0.25) is 4.79 Å². The lowest BCUT2D eigenvalue weighted by atomic mass is 9.73. The number of ketones is 1. The van der Waals surface area contributed by atoms with Crippen LogP contribution in [0.1, 0.15) is 38.3 Å². The molecule has 2 aliphatic rings. The van der Waals surface area contributed by atoms with E-state index >= 15 is 0 Å². The summed E-state index contributed by atoms with van der Waals surface area (Å²) in [4.78, 5) is 18.1. The first-order chi connectivity index (χ1) is 15.3. The Labute approximate surface area is 196 Å². The van der Waals surface area contributed by atoms with Crippen LogP contribution >= 0.6 is 23.2 Å². The molecule has 0 saturated heterocycles. The molecule has 0 fully saturated rings. The van der Waals surface area contributed by atoms with Crippen molar-refractivity contribution in [1.29, 1.82) is 0 Å². The Bertz CT molecular complexity index is 1280. The Morgan fingerprint density at radius 1 is 1.12 bits per heavy atom. The molecule has 5 rings (SSSR count). The van der Waals surface area contributed by atoms with Crippen LogP contribution in [0.5, 0.6) is 5.75 Å². The van der Waals surface area contributed by atoms with E-state index in [2.05, 4.69) is 19.2 Å². The summed E-state index contributed by atoms with van der Waals surface area (Å²) in [5, 5.41) is 9.08. The van der Waals surface area contributed by atoms with E-state index in [0.717, 1.165) is 23.2 Å². The Balaban J connectivity index is 1.71. The summed E-state index contributed by atoms with van der Waals surface area (Å²) in [6.07, 6.45) is 1.21. The molecular weight excluding hydrogens is 447 g/mol. The molecule has 2 aromatic carbocycles. The Kier molecular flexibility index (Phi) is 5.02. The zero-order valence-corrected chi connectivity index (χ0v) is 19.5. The van der Waals surface area contributed by atoms with Crippen molar-refractivity contribution in [3.8, 4) is 17.1 Å². The van der Waals surface area contributed by atoms with Crippen molar-refractivity contribution >= 4 is 34.9 Å². The second-order valence-corrected chi connectivity index (χ2v) is 9.75. The molecule has 1 atom stereocenters. The molecule has 0 amide bonds. The zero-order valence-electron chi connectivity index (χ0n) is 17.9. The Hall–Kier alpha value is -2.83. The van der Waals surface area contributed by atoms with Crippen LogP contribution < -0.4 is 10.1 Å². The average molecular weight is 469 g/mol. The molecule has 6 nitrogen and oxygen atoms in total. The molecule has 0 saturated carbocycles. The number of nitrogens with one attached hydrogen (secondary N) is 1. The van der Waals surface area contributed by atoms with Crippen molar-refractivity contribution in [2.24, 2.45) is 5.41 Å². The number of hydrogen-bond donors (Lipinski definition) is 1. The van der Waals surface area contributed by atoms with E-state index in [1.807, 2.05) is 30.3 Å². The second kappa shape index (κ2) is 7.64.